The summed E-state index contributed by atoms with van der Waals surface area (Å²) in [7, 11) is 0. The van der Waals surface area contributed by atoms with Crippen LogP contribution in [0.1, 0.15) is 39.5 Å². The second kappa shape index (κ2) is 9.79. The third-order valence-corrected chi connectivity index (χ3v) is 3.15. The summed E-state index contributed by atoms with van der Waals surface area (Å²) >= 11 is 0. The maximum Gasteiger partial charge on any atom is 0.209 e. The minimum atomic E-state index is 0.482. The highest BCUT2D eigenvalue weighted by molar-refractivity contribution is 5.94. The Morgan fingerprint density at radius 2 is 2.35 bits per heavy atom. The summed E-state index contributed by atoms with van der Waals surface area (Å²) in [6.45, 7) is 5.11. The molecule has 0 aliphatic heterocycles. The van der Waals surface area contributed by atoms with E-state index < -0.39 is 0 Å². The van der Waals surface area contributed by atoms with E-state index >= 15 is 0 Å². The molecule has 0 aromatic carbocycles. The number of nitrogens with one attached hydrogen (secondary N) is 2. The van der Waals surface area contributed by atoms with Gasteiger partial charge in [0.25, 0.3) is 0 Å². The molecule has 5 heteroatoms. The molecule has 0 unspecified atom stereocenters. The first-order valence-electron chi connectivity index (χ1n) is 7.16. The van der Waals surface area contributed by atoms with Crippen molar-refractivity contribution in [2.45, 2.75) is 39.5 Å². The van der Waals surface area contributed by atoms with Crippen LogP contribution in [0.2, 0.25) is 0 Å². The predicted octanol–water partition coefficient (Wildman–Crippen LogP) is 3.14. The van der Waals surface area contributed by atoms with Crippen molar-refractivity contribution in [1.29, 1.82) is 5.26 Å². The van der Waals surface area contributed by atoms with Crippen LogP contribution in [0.25, 0.3) is 0 Å². The fourth-order valence-electron chi connectivity index (χ4n) is 1.87. The van der Waals surface area contributed by atoms with Gasteiger partial charge in [0.2, 0.25) is 5.96 Å². The lowest BCUT2D eigenvalue weighted by Crippen LogP contribution is -2.27. The lowest BCUT2D eigenvalue weighted by molar-refractivity contribution is 0.462. The van der Waals surface area contributed by atoms with Gasteiger partial charge < -0.3 is 5.32 Å². The highest BCUT2D eigenvalue weighted by Crippen LogP contribution is 2.13. The smallest absolute Gasteiger partial charge is 0.209 e. The first-order valence-corrected chi connectivity index (χ1v) is 7.16. The average molecular weight is 273 g/mol. The molecule has 0 saturated heterocycles. The Balaban J connectivity index is 2.60. The third kappa shape index (κ3) is 6.19. The van der Waals surface area contributed by atoms with Crippen LogP contribution in [0.4, 0.5) is 5.69 Å². The maximum absolute atomic E-state index is 8.78. The molecular formula is C15H23N5. The first-order chi connectivity index (χ1) is 9.80. The number of aliphatic imine (C=N–C) groups is 1. The Morgan fingerprint density at radius 1 is 1.50 bits per heavy atom. The normalized spacial score (nSPS) is 12.6. The molecule has 1 aromatic rings. The summed E-state index contributed by atoms with van der Waals surface area (Å²) in [4.78, 5) is 8.50. The lowest BCUT2D eigenvalue weighted by Gasteiger charge is -2.13. The minimum absolute atomic E-state index is 0.482. The van der Waals surface area contributed by atoms with Crippen LogP contribution in [0.3, 0.4) is 0 Å². The van der Waals surface area contributed by atoms with Crippen molar-refractivity contribution < 1.29 is 0 Å². The number of nitriles is 1. The summed E-state index contributed by atoms with van der Waals surface area (Å²) < 4.78 is 0. The number of anilines is 1. The topological polar surface area (TPSA) is 73.1 Å². The Bertz CT molecular complexity index is 435. The van der Waals surface area contributed by atoms with E-state index in [1.54, 1.807) is 12.4 Å². The fourth-order valence-corrected chi connectivity index (χ4v) is 1.87. The first kappa shape index (κ1) is 16.0. The van der Waals surface area contributed by atoms with E-state index in [4.69, 9.17) is 5.26 Å². The maximum atomic E-state index is 8.78. The van der Waals surface area contributed by atoms with E-state index in [0.29, 0.717) is 11.9 Å². The zero-order chi connectivity index (χ0) is 14.6. The number of hydrogen-bond acceptors (Lipinski definition) is 3. The van der Waals surface area contributed by atoms with Gasteiger partial charge in [-0.05, 0) is 24.5 Å². The summed E-state index contributed by atoms with van der Waals surface area (Å²) in [6, 6.07) is 3.72. The molecule has 0 saturated carbocycles. The van der Waals surface area contributed by atoms with Crippen LogP contribution in [-0.4, -0.2) is 17.5 Å². The number of pyridine rings is 1. The van der Waals surface area contributed by atoms with Crippen molar-refractivity contribution in [3.05, 3.63) is 24.5 Å². The summed E-state index contributed by atoms with van der Waals surface area (Å²) in [5.74, 6) is 1.05. The monoisotopic (exact) mass is 273 g/mol. The highest BCUT2D eigenvalue weighted by atomic mass is 15.2. The van der Waals surface area contributed by atoms with E-state index in [1.807, 2.05) is 18.3 Å². The number of unbranched alkanes of at least 4 members (excludes halogenated alkanes) is 1. The number of rotatable bonds is 7. The van der Waals surface area contributed by atoms with E-state index in [0.717, 1.165) is 18.7 Å². The van der Waals surface area contributed by atoms with Gasteiger partial charge in [-0.25, -0.2) is 0 Å². The zero-order valence-corrected chi connectivity index (χ0v) is 12.3. The van der Waals surface area contributed by atoms with Gasteiger partial charge in [-0.3, -0.25) is 15.3 Å². The van der Waals surface area contributed by atoms with Crippen molar-refractivity contribution in [3.63, 3.8) is 0 Å². The van der Waals surface area contributed by atoms with Crippen molar-refractivity contribution in [1.82, 2.24) is 10.3 Å². The molecule has 0 amide bonds. The third-order valence-electron chi connectivity index (χ3n) is 3.15. The average Bonchev–Trinajstić information content (AvgIpc) is 2.48. The molecule has 0 aliphatic rings. The molecule has 1 rings (SSSR count). The predicted molar refractivity (Wildman–Crippen MR) is 82.2 cm³/mol. The molecule has 0 spiro atoms. The van der Waals surface area contributed by atoms with Gasteiger partial charge in [0.1, 0.15) is 0 Å². The molecule has 20 heavy (non-hydrogen) atoms. The Morgan fingerprint density at radius 3 is 2.95 bits per heavy atom. The van der Waals surface area contributed by atoms with Gasteiger partial charge in [-0.2, -0.15) is 5.26 Å². The lowest BCUT2D eigenvalue weighted by atomic mass is 10.00. The van der Waals surface area contributed by atoms with Crippen LogP contribution in [0.15, 0.2) is 29.5 Å². The SMILES string of the molecule is CCCC[C@H](CC)CN=C(NC#N)Nc1cccnc1. The summed E-state index contributed by atoms with van der Waals surface area (Å²) in [5, 5.41) is 14.4. The van der Waals surface area contributed by atoms with Crippen LogP contribution >= 0.6 is 0 Å². The number of guanidine groups is 1. The Labute approximate surface area is 121 Å². The molecule has 1 heterocycles. The fraction of sp³-hybridized carbons (Fsp3) is 0.533. The molecule has 0 aliphatic carbocycles. The second-order valence-electron chi connectivity index (χ2n) is 4.71. The molecular weight excluding hydrogens is 250 g/mol. The van der Waals surface area contributed by atoms with Gasteiger partial charge in [0, 0.05) is 12.7 Å². The van der Waals surface area contributed by atoms with Crippen LogP contribution in [-0.2, 0) is 0 Å². The molecule has 2 N–H and O–H groups in total. The Hall–Kier alpha value is -2.09. The molecule has 0 bridgehead atoms. The number of nitrogens with zero attached hydrogens (tertiary/aromatic N) is 3. The van der Waals surface area contributed by atoms with Crippen LogP contribution in [0.5, 0.6) is 0 Å². The van der Waals surface area contributed by atoms with Crippen molar-refractivity contribution >= 4 is 11.6 Å². The van der Waals surface area contributed by atoms with Crippen LogP contribution < -0.4 is 10.6 Å². The van der Waals surface area contributed by atoms with Gasteiger partial charge >= 0.3 is 0 Å². The molecule has 5 nitrogen and oxygen atoms in total. The van der Waals surface area contributed by atoms with E-state index in [-0.39, 0.29) is 0 Å². The summed E-state index contributed by atoms with van der Waals surface area (Å²) in [6.07, 6.45) is 10.0. The molecule has 108 valence electrons. The molecule has 0 fully saturated rings. The van der Waals surface area contributed by atoms with Crippen molar-refractivity contribution in [3.8, 4) is 6.19 Å². The van der Waals surface area contributed by atoms with Gasteiger partial charge in [-0.15, -0.1) is 0 Å². The van der Waals surface area contributed by atoms with Gasteiger partial charge in [0.05, 0.1) is 11.9 Å². The van der Waals surface area contributed by atoms with Crippen LogP contribution in [0, 0.1) is 17.4 Å². The number of hydrogen-bond donors (Lipinski definition) is 2. The Kier molecular flexibility index (Phi) is 7.82. The highest BCUT2D eigenvalue weighted by Gasteiger charge is 2.06. The second-order valence-corrected chi connectivity index (χ2v) is 4.71. The largest absolute Gasteiger partial charge is 0.324 e. The van der Waals surface area contributed by atoms with Gasteiger partial charge in [-0.1, -0.05) is 33.1 Å². The van der Waals surface area contributed by atoms with Gasteiger partial charge in [0.15, 0.2) is 6.19 Å². The van der Waals surface area contributed by atoms with Crippen molar-refractivity contribution in [2.24, 2.45) is 10.9 Å². The quantitative estimate of drug-likeness (QED) is 0.346. The zero-order valence-electron chi connectivity index (χ0n) is 12.3. The standard InChI is InChI=1S/C15H23N5/c1-3-5-7-13(4-2)10-18-15(19-12-16)20-14-8-6-9-17-11-14/h6,8-9,11,13H,3-5,7,10H2,1-2H3,(H2,18,19,20)/t13-/m0/s1. The van der Waals surface area contributed by atoms with E-state index in [9.17, 15) is 0 Å². The molecule has 1 atom stereocenters. The summed E-state index contributed by atoms with van der Waals surface area (Å²) in [5.41, 5.74) is 0.815. The van der Waals surface area contributed by atoms with E-state index in [1.165, 1.54) is 19.3 Å². The number of aromatic nitrogens is 1. The molecule has 0 radical (unpaired) electrons. The minimum Gasteiger partial charge on any atom is -0.324 e. The van der Waals surface area contributed by atoms with Crippen molar-refractivity contribution in [2.75, 3.05) is 11.9 Å². The van der Waals surface area contributed by atoms with E-state index in [2.05, 4.69) is 34.5 Å². The molecule has 1 aromatic heterocycles.